The molecule has 1 unspecified atom stereocenters. The Hall–Kier alpha value is -0.530. The van der Waals surface area contributed by atoms with Crippen LogP contribution in [-0.4, -0.2) is 25.5 Å². The Morgan fingerprint density at radius 1 is 1.23 bits per heavy atom. The second kappa shape index (κ2) is 4.64. The smallest absolute Gasteiger partial charge is 0.0406 e. The highest BCUT2D eigenvalue weighted by molar-refractivity contribution is 6.30. The Morgan fingerprint density at radius 3 is 2.23 bits per heavy atom. The molecule has 0 bridgehead atoms. The monoisotopic (exact) mass is 197 g/mol. The molecule has 1 rings (SSSR count). The molecule has 72 valence electrons. The number of rotatable bonds is 3. The molecular weight excluding hydrogens is 182 g/mol. The molecule has 0 aliphatic carbocycles. The van der Waals surface area contributed by atoms with Crippen molar-refractivity contribution in [2.45, 2.75) is 12.8 Å². The SMILES string of the molecule is CC(CN(C)C)c1ccc(Cl)cc1. The third kappa shape index (κ3) is 3.37. The van der Waals surface area contributed by atoms with E-state index in [1.807, 2.05) is 12.1 Å². The van der Waals surface area contributed by atoms with Gasteiger partial charge in [-0.05, 0) is 37.7 Å². The van der Waals surface area contributed by atoms with Gasteiger partial charge in [-0.1, -0.05) is 30.7 Å². The summed E-state index contributed by atoms with van der Waals surface area (Å²) in [6.45, 7) is 3.30. The van der Waals surface area contributed by atoms with Gasteiger partial charge in [0.25, 0.3) is 0 Å². The molecule has 0 spiro atoms. The van der Waals surface area contributed by atoms with Crippen molar-refractivity contribution in [3.63, 3.8) is 0 Å². The predicted octanol–water partition coefficient (Wildman–Crippen LogP) is 3.01. The van der Waals surface area contributed by atoms with Gasteiger partial charge >= 0.3 is 0 Å². The average molecular weight is 198 g/mol. The largest absolute Gasteiger partial charge is 0.309 e. The maximum Gasteiger partial charge on any atom is 0.0406 e. The standard InChI is InChI=1S/C11H16ClN/c1-9(8-13(2)3)10-4-6-11(12)7-5-10/h4-7,9H,8H2,1-3H3. The van der Waals surface area contributed by atoms with Crippen LogP contribution in [0.5, 0.6) is 0 Å². The highest BCUT2D eigenvalue weighted by Crippen LogP contribution is 2.18. The molecule has 0 saturated carbocycles. The van der Waals surface area contributed by atoms with Gasteiger partial charge in [0, 0.05) is 11.6 Å². The molecule has 0 saturated heterocycles. The van der Waals surface area contributed by atoms with Gasteiger partial charge in [-0.3, -0.25) is 0 Å². The fourth-order valence-corrected chi connectivity index (χ4v) is 1.57. The second-order valence-electron chi connectivity index (χ2n) is 3.71. The summed E-state index contributed by atoms with van der Waals surface area (Å²) in [6, 6.07) is 8.08. The van der Waals surface area contributed by atoms with Crippen LogP contribution in [0.1, 0.15) is 18.4 Å². The maximum atomic E-state index is 5.81. The zero-order chi connectivity index (χ0) is 9.84. The number of likely N-dealkylation sites (N-methyl/N-ethyl adjacent to an activating group) is 1. The maximum absolute atomic E-state index is 5.81. The molecule has 1 aromatic carbocycles. The summed E-state index contributed by atoms with van der Waals surface area (Å²) >= 11 is 5.81. The van der Waals surface area contributed by atoms with Crippen LogP contribution in [0.15, 0.2) is 24.3 Å². The van der Waals surface area contributed by atoms with Crippen molar-refractivity contribution < 1.29 is 0 Å². The number of hydrogen-bond acceptors (Lipinski definition) is 1. The molecule has 0 aliphatic rings. The molecule has 0 aliphatic heterocycles. The normalized spacial score (nSPS) is 13.3. The minimum atomic E-state index is 0.562. The van der Waals surface area contributed by atoms with E-state index >= 15 is 0 Å². The van der Waals surface area contributed by atoms with E-state index in [2.05, 4.69) is 38.1 Å². The van der Waals surface area contributed by atoms with Gasteiger partial charge in [0.15, 0.2) is 0 Å². The Bertz CT molecular complexity index is 253. The summed E-state index contributed by atoms with van der Waals surface area (Å²) in [5, 5.41) is 0.806. The molecule has 0 fully saturated rings. The first-order chi connectivity index (χ1) is 6.09. The van der Waals surface area contributed by atoms with Crippen LogP contribution in [0, 0.1) is 0 Å². The summed E-state index contributed by atoms with van der Waals surface area (Å²) in [5.41, 5.74) is 1.35. The minimum Gasteiger partial charge on any atom is -0.309 e. The van der Waals surface area contributed by atoms with E-state index in [0.717, 1.165) is 11.6 Å². The third-order valence-corrected chi connectivity index (χ3v) is 2.33. The van der Waals surface area contributed by atoms with Crippen LogP contribution in [-0.2, 0) is 0 Å². The van der Waals surface area contributed by atoms with Crippen molar-refractivity contribution in [2.75, 3.05) is 20.6 Å². The molecule has 2 heteroatoms. The minimum absolute atomic E-state index is 0.562. The van der Waals surface area contributed by atoms with Crippen LogP contribution in [0.25, 0.3) is 0 Å². The van der Waals surface area contributed by atoms with Crippen LogP contribution in [0.4, 0.5) is 0 Å². The van der Waals surface area contributed by atoms with Crippen molar-refractivity contribution in [1.29, 1.82) is 0 Å². The van der Waals surface area contributed by atoms with Gasteiger partial charge in [0.05, 0.1) is 0 Å². The van der Waals surface area contributed by atoms with Crippen molar-refractivity contribution >= 4 is 11.6 Å². The van der Waals surface area contributed by atoms with Gasteiger partial charge in [0.1, 0.15) is 0 Å². The fourth-order valence-electron chi connectivity index (χ4n) is 1.44. The lowest BCUT2D eigenvalue weighted by atomic mass is 10.0. The molecule has 0 N–H and O–H groups in total. The average Bonchev–Trinajstić information content (AvgIpc) is 2.04. The quantitative estimate of drug-likeness (QED) is 0.720. The summed E-state index contributed by atoms with van der Waals surface area (Å²) in [4.78, 5) is 2.19. The van der Waals surface area contributed by atoms with Crippen LogP contribution in [0.2, 0.25) is 5.02 Å². The van der Waals surface area contributed by atoms with Gasteiger partial charge in [-0.2, -0.15) is 0 Å². The number of hydrogen-bond donors (Lipinski definition) is 0. The molecule has 0 heterocycles. The van der Waals surface area contributed by atoms with Gasteiger partial charge in [-0.15, -0.1) is 0 Å². The van der Waals surface area contributed by atoms with E-state index in [9.17, 15) is 0 Å². The van der Waals surface area contributed by atoms with Crippen molar-refractivity contribution in [3.05, 3.63) is 34.9 Å². The molecule has 0 amide bonds. The third-order valence-electron chi connectivity index (χ3n) is 2.08. The Morgan fingerprint density at radius 2 is 1.77 bits per heavy atom. The molecule has 0 aromatic heterocycles. The highest BCUT2D eigenvalue weighted by Gasteiger charge is 2.05. The summed E-state index contributed by atoms with van der Waals surface area (Å²) in [7, 11) is 4.18. The van der Waals surface area contributed by atoms with Crippen molar-refractivity contribution in [2.24, 2.45) is 0 Å². The zero-order valence-corrected chi connectivity index (χ0v) is 9.17. The zero-order valence-electron chi connectivity index (χ0n) is 8.42. The Labute approximate surface area is 85.3 Å². The van der Waals surface area contributed by atoms with Gasteiger partial charge in [0.2, 0.25) is 0 Å². The molecule has 1 atom stereocenters. The second-order valence-corrected chi connectivity index (χ2v) is 4.15. The van der Waals surface area contributed by atoms with Gasteiger partial charge in [-0.25, -0.2) is 0 Å². The first kappa shape index (κ1) is 10.6. The topological polar surface area (TPSA) is 3.24 Å². The van der Waals surface area contributed by atoms with Gasteiger partial charge < -0.3 is 4.90 Å². The van der Waals surface area contributed by atoms with Crippen molar-refractivity contribution in [1.82, 2.24) is 4.90 Å². The first-order valence-electron chi connectivity index (χ1n) is 4.50. The first-order valence-corrected chi connectivity index (χ1v) is 4.87. The lowest BCUT2D eigenvalue weighted by Gasteiger charge is -2.16. The van der Waals surface area contributed by atoms with E-state index < -0.39 is 0 Å². The number of benzene rings is 1. The number of halogens is 1. The van der Waals surface area contributed by atoms with Crippen molar-refractivity contribution in [3.8, 4) is 0 Å². The fraction of sp³-hybridized carbons (Fsp3) is 0.455. The molecule has 13 heavy (non-hydrogen) atoms. The van der Waals surface area contributed by atoms with E-state index in [4.69, 9.17) is 11.6 Å². The lowest BCUT2D eigenvalue weighted by molar-refractivity contribution is 0.383. The van der Waals surface area contributed by atoms with Crippen LogP contribution < -0.4 is 0 Å². The molecule has 0 radical (unpaired) electrons. The summed E-state index contributed by atoms with van der Waals surface area (Å²) in [6.07, 6.45) is 0. The van der Waals surface area contributed by atoms with Crippen LogP contribution in [0.3, 0.4) is 0 Å². The van der Waals surface area contributed by atoms with E-state index in [-0.39, 0.29) is 0 Å². The Kier molecular flexibility index (Phi) is 3.76. The van der Waals surface area contributed by atoms with E-state index in [0.29, 0.717) is 5.92 Å². The van der Waals surface area contributed by atoms with E-state index in [1.54, 1.807) is 0 Å². The predicted molar refractivity (Wildman–Crippen MR) is 58.4 cm³/mol. The molecule has 1 aromatic rings. The molecular formula is C11H16ClN. The number of nitrogens with zero attached hydrogens (tertiary/aromatic N) is 1. The summed E-state index contributed by atoms with van der Waals surface area (Å²) < 4.78 is 0. The highest BCUT2D eigenvalue weighted by atomic mass is 35.5. The molecule has 1 nitrogen and oxygen atoms in total. The lowest BCUT2D eigenvalue weighted by Crippen LogP contribution is -2.18. The van der Waals surface area contributed by atoms with E-state index in [1.165, 1.54) is 5.56 Å². The Balaban J connectivity index is 2.66. The summed E-state index contributed by atoms with van der Waals surface area (Å²) in [5.74, 6) is 0.562. The van der Waals surface area contributed by atoms with Crippen LogP contribution >= 0.6 is 11.6 Å².